The van der Waals surface area contributed by atoms with Crippen LogP contribution in [0.1, 0.15) is 6.92 Å². The summed E-state index contributed by atoms with van der Waals surface area (Å²) in [5.74, 6) is 0. The summed E-state index contributed by atoms with van der Waals surface area (Å²) in [5.41, 5.74) is 0. The summed E-state index contributed by atoms with van der Waals surface area (Å²) in [4.78, 5) is 0. The van der Waals surface area contributed by atoms with Gasteiger partial charge in [-0.25, -0.2) is 0 Å². The van der Waals surface area contributed by atoms with Gasteiger partial charge in [-0.2, -0.15) is 0 Å². The quantitative estimate of drug-likeness (QED) is 0.424. The Hall–Kier alpha value is 0.960. The maximum atomic E-state index is 2.93. The monoisotopic (exact) mass is 83.1 g/mol. The average molecular weight is 83.1 g/mol. The molecule has 2 heteroatoms. The molecular weight excluding hydrogens is 73.0 g/mol. The normalized spacial score (nSPS) is 6.00. The van der Waals surface area contributed by atoms with Crippen molar-refractivity contribution in [2.24, 2.45) is 0 Å². The van der Waals surface area contributed by atoms with Crippen molar-refractivity contribution in [3.8, 4) is 0 Å². The summed E-state index contributed by atoms with van der Waals surface area (Å²) in [6.45, 7) is 3.14. The van der Waals surface area contributed by atoms with Crippen LogP contribution >= 0.6 is 0 Å². The van der Waals surface area contributed by atoms with E-state index in [0.717, 1.165) is 6.54 Å². The Morgan fingerprint density at radius 2 is 1.80 bits per heavy atom. The molecule has 0 aliphatic rings. The molecule has 0 aromatic carbocycles. The van der Waals surface area contributed by atoms with E-state index in [4.69, 9.17) is 0 Å². The van der Waals surface area contributed by atoms with E-state index in [0.29, 0.717) is 0 Å². The van der Waals surface area contributed by atoms with Crippen LogP contribution in [-0.2, 0) is 0 Å². The van der Waals surface area contributed by atoms with Gasteiger partial charge < -0.3 is 5.32 Å². The summed E-state index contributed by atoms with van der Waals surface area (Å²) < 4.78 is 0. The van der Waals surface area contributed by atoms with Crippen LogP contribution in [0, 0.1) is 0 Å². The van der Waals surface area contributed by atoms with E-state index >= 15 is 0 Å². The first-order valence-electron chi connectivity index (χ1n) is 1.56. The molecule has 0 fully saturated rings. The van der Waals surface area contributed by atoms with Crippen molar-refractivity contribution in [2.45, 2.75) is 6.92 Å². The predicted octanol–water partition coefficient (Wildman–Crippen LogP) is -0.423. The van der Waals surface area contributed by atoms with Crippen molar-refractivity contribution in [1.29, 1.82) is 0 Å². The van der Waals surface area contributed by atoms with E-state index in [-0.39, 0.29) is 29.6 Å². The molecule has 0 spiro atoms. The van der Waals surface area contributed by atoms with Crippen molar-refractivity contribution in [3.05, 3.63) is 0 Å². The first-order chi connectivity index (χ1) is 1.91. The molecule has 0 heterocycles. The fraction of sp³-hybridized carbons (Fsp3) is 1.00. The second-order valence-corrected chi connectivity index (χ2v) is 0.707. The third kappa shape index (κ3) is 11.3. The Bertz CT molecular complexity index is 8.85. The van der Waals surface area contributed by atoms with Crippen LogP contribution in [0.2, 0.25) is 0 Å². The van der Waals surface area contributed by atoms with E-state index in [9.17, 15) is 0 Å². The van der Waals surface area contributed by atoms with Gasteiger partial charge in [0, 0.05) is 0 Å². The zero-order valence-corrected chi connectivity index (χ0v) is 3.21. The zero-order chi connectivity index (χ0) is 3.41. The van der Waals surface area contributed by atoms with Gasteiger partial charge >= 0.3 is 29.6 Å². The molecule has 0 atom stereocenters. The van der Waals surface area contributed by atoms with Gasteiger partial charge in [-0.05, 0) is 13.6 Å². The van der Waals surface area contributed by atoms with Gasteiger partial charge in [0.2, 0.25) is 0 Å². The SMILES string of the molecule is CCNC.[NaH]. The first-order valence-corrected chi connectivity index (χ1v) is 1.56. The second kappa shape index (κ2) is 8.88. The molecule has 5 heavy (non-hydrogen) atoms. The molecule has 0 aromatic rings. The second-order valence-electron chi connectivity index (χ2n) is 0.707. The van der Waals surface area contributed by atoms with Crippen LogP contribution in [0.4, 0.5) is 0 Å². The molecule has 0 aromatic heterocycles. The molecule has 0 radical (unpaired) electrons. The van der Waals surface area contributed by atoms with Crippen LogP contribution in [-0.4, -0.2) is 43.1 Å². The minimum absolute atomic E-state index is 0. The molecule has 1 N–H and O–H groups in total. The van der Waals surface area contributed by atoms with Crippen molar-refractivity contribution in [1.82, 2.24) is 5.32 Å². The molecule has 0 rings (SSSR count). The summed E-state index contributed by atoms with van der Waals surface area (Å²) >= 11 is 0. The van der Waals surface area contributed by atoms with Gasteiger partial charge in [0.05, 0.1) is 0 Å². The number of hydrogen-bond donors (Lipinski definition) is 1. The summed E-state index contributed by atoms with van der Waals surface area (Å²) in [6, 6.07) is 0. The standard InChI is InChI=1S/C3H9N.Na.H/c1-3-4-2;;/h4H,3H2,1-2H3;;. The molecular formula is C3H10NNa. The molecule has 0 saturated carbocycles. The van der Waals surface area contributed by atoms with E-state index in [1.54, 1.807) is 0 Å². The van der Waals surface area contributed by atoms with Crippen molar-refractivity contribution >= 4 is 29.6 Å². The van der Waals surface area contributed by atoms with Crippen LogP contribution < -0.4 is 5.32 Å². The van der Waals surface area contributed by atoms with E-state index in [1.807, 2.05) is 7.05 Å². The van der Waals surface area contributed by atoms with Gasteiger partial charge in [0.15, 0.2) is 0 Å². The molecule has 0 bridgehead atoms. The summed E-state index contributed by atoms with van der Waals surface area (Å²) in [7, 11) is 1.93. The Morgan fingerprint density at radius 3 is 1.80 bits per heavy atom. The molecule has 28 valence electrons. The van der Waals surface area contributed by atoms with Crippen LogP contribution in [0.15, 0.2) is 0 Å². The van der Waals surface area contributed by atoms with Gasteiger partial charge in [-0.1, -0.05) is 6.92 Å². The summed E-state index contributed by atoms with van der Waals surface area (Å²) in [5, 5.41) is 2.93. The molecule has 0 saturated heterocycles. The van der Waals surface area contributed by atoms with Crippen LogP contribution in [0.5, 0.6) is 0 Å². The van der Waals surface area contributed by atoms with Crippen LogP contribution in [0.25, 0.3) is 0 Å². The van der Waals surface area contributed by atoms with Gasteiger partial charge in [-0.15, -0.1) is 0 Å². The molecule has 0 unspecified atom stereocenters. The van der Waals surface area contributed by atoms with Crippen molar-refractivity contribution in [2.75, 3.05) is 13.6 Å². The minimum atomic E-state index is 0. The van der Waals surface area contributed by atoms with E-state index < -0.39 is 0 Å². The zero-order valence-electron chi connectivity index (χ0n) is 3.21. The Labute approximate surface area is 55.4 Å². The van der Waals surface area contributed by atoms with Gasteiger partial charge in [0.25, 0.3) is 0 Å². The van der Waals surface area contributed by atoms with Crippen LogP contribution in [0.3, 0.4) is 0 Å². The van der Waals surface area contributed by atoms with Gasteiger partial charge in [0.1, 0.15) is 0 Å². The average Bonchev–Trinajstić information content (AvgIpc) is 1.37. The third-order valence-corrected chi connectivity index (χ3v) is 0.354. The Morgan fingerprint density at radius 1 is 1.60 bits per heavy atom. The number of hydrogen-bond acceptors (Lipinski definition) is 1. The fourth-order valence-corrected chi connectivity index (χ4v) is 0. The third-order valence-electron chi connectivity index (χ3n) is 0.354. The maximum absolute atomic E-state index is 2.93. The molecule has 1 nitrogen and oxygen atoms in total. The number of nitrogens with one attached hydrogen (secondary N) is 1. The summed E-state index contributed by atoms with van der Waals surface area (Å²) in [6.07, 6.45) is 0. The molecule has 0 amide bonds. The predicted molar refractivity (Wildman–Crippen MR) is 26.7 cm³/mol. The topological polar surface area (TPSA) is 12.0 Å². The Balaban J connectivity index is 0. The molecule has 0 aliphatic heterocycles. The van der Waals surface area contributed by atoms with E-state index in [1.165, 1.54) is 0 Å². The fourth-order valence-electron chi connectivity index (χ4n) is 0. The van der Waals surface area contributed by atoms with Crippen molar-refractivity contribution < 1.29 is 0 Å². The number of rotatable bonds is 1. The van der Waals surface area contributed by atoms with E-state index in [2.05, 4.69) is 12.2 Å². The first kappa shape index (κ1) is 9.35. The molecule has 0 aliphatic carbocycles. The van der Waals surface area contributed by atoms with Gasteiger partial charge in [-0.3, -0.25) is 0 Å². The van der Waals surface area contributed by atoms with Crippen molar-refractivity contribution in [3.63, 3.8) is 0 Å². The Kier molecular flexibility index (Phi) is 16.6.